The molecular formula is C16H13NO3S. The van der Waals surface area contributed by atoms with Gasteiger partial charge in [-0.1, -0.05) is 30.3 Å². The largest absolute Gasteiger partial charge is 0.399 e. The number of fused-ring (bicyclic) bond motifs is 1. The van der Waals surface area contributed by atoms with Crippen LogP contribution in [0.4, 0.5) is 5.69 Å². The molecule has 0 radical (unpaired) electrons. The first kappa shape index (κ1) is 13.6. The summed E-state index contributed by atoms with van der Waals surface area (Å²) in [5.74, 6) is 0. The lowest BCUT2D eigenvalue weighted by atomic mass is 10.0. The molecule has 0 fully saturated rings. The molecule has 3 rings (SSSR count). The number of benzene rings is 3. The summed E-state index contributed by atoms with van der Waals surface area (Å²) in [5, 5.41) is 1.65. The molecule has 0 unspecified atom stereocenters. The maximum absolute atomic E-state index is 11.1. The summed E-state index contributed by atoms with van der Waals surface area (Å²) in [5.41, 5.74) is 8.43. The molecule has 0 atom stereocenters. The topological polar surface area (TPSA) is 80.4 Å². The average molecular weight is 299 g/mol. The molecule has 4 nitrogen and oxygen atoms in total. The Hall–Kier alpha value is -2.37. The van der Waals surface area contributed by atoms with Gasteiger partial charge in [0.05, 0.1) is 4.90 Å². The minimum atomic E-state index is -4.18. The van der Waals surface area contributed by atoms with Crippen molar-refractivity contribution < 1.29 is 13.0 Å². The van der Waals surface area contributed by atoms with E-state index in [1.807, 2.05) is 42.5 Å². The second kappa shape index (κ2) is 4.87. The Morgan fingerprint density at radius 1 is 0.762 bits per heavy atom. The van der Waals surface area contributed by atoms with Crippen molar-refractivity contribution in [2.45, 2.75) is 4.90 Å². The van der Waals surface area contributed by atoms with Crippen LogP contribution in [0.25, 0.3) is 21.9 Å². The van der Waals surface area contributed by atoms with Crippen molar-refractivity contribution in [1.29, 1.82) is 0 Å². The van der Waals surface area contributed by atoms with E-state index >= 15 is 0 Å². The molecule has 106 valence electrons. The molecule has 3 N–H and O–H groups in total. The van der Waals surface area contributed by atoms with E-state index in [4.69, 9.17) is 10.3 Å². The Labute approximate surface area is 122 Å². The molecule has 0 amide bonds. The van der Waals surface area contributed by atoms with Crippen molar-refractivity contribution in [1.82, 2.24) is 0 Å². The summed E-state index contributed by atoms with van der Waals surface area (Å²) in [6, 6.07) is 17.8. The van der Waals surface area contributed by atoms with Gasteiger partial charge in [-0.25, -0.2) is 0 Å². The van der Waals surface area contributed by atoms with E-state index in [1.54, 1.807) is 6.07 Å². The fraction of sp³-hybridized carbons (Fsp3) is 0. The van der Waals surface area contributed by atoms with Gasteiger partial charge in [0, 0.05) is 5.69 Å². The van der Waals surface area contributed by atoms with E-state index in [1.165, 1.54) is 12.1 Å². The highest BCUT2D eigenvalue weighted by Crippen LogP contribution is 2.26. The zero-order valence-corrected chi connectivity index (χ0v) is 11.8. The molecule has 0 saturated carbocycles. The molecule has 0 spiro atoms. The van der Waals surface area contributed by atoms with E-state index in [-0.39, 0.29) is 4.90 Å². The van der Waals surface area contributed by atoms with Crippen LogP contribution in [0, 0.1) is 0 Å². The Balaban J connectivity index is 2.11. The van der Waals surface area contributed by atoms with Crippen molar-refractivity contribution >= 4 is 26.6 Å². The van der Waals surface area contributed by atoms with Crippen molar-refractivity contribution in [2.24, 2.45) is 0 Å². The smallest absolute Gasteiger partial charge is 0.294 e. The van der Waals surface area contributed by atoms with E-state index in [0.717, 1.165) is 21.9 Å². The summed E-state index contributed by atoms with van der Waals surface area (Å²) >= 11 is 0. The standard InChI is InChI=1S/C16H13NO3S/c17-15-6-3-11(4-7-15)12-1-2-14-10-16(21(18,19)20)8-5-13(14)9-12/h1-10H,17H2,(H,18,19,20). The first-order valence-electron chi connectivity index (χ1n) is 6.31. The minimum absolute atomic E-state index is 0.102. The monoisotopic (exact) mass is 299 g/mol. The third-order valence-corrected chi connectivity index (χ3v) is 4.20. The van der Waals surface area contributed by atoms with Crippen LogP contribution in [0.1, 0.15) is 0 Å². The van der Waals surface area contributed by atoms with Crippen LogP contribution in [-0.4, -0.2) is 13.0 Å². The normalized spacial score (nSPS) is 11.7. The number of nitrogen functional groups attached to an aromatic ring is 1. The SMILES string of the molecule is Nc1ccc(-c2ccc3cc(S(=O)(=O)O)ccc3c2)cc1. The zero-order chi connectivity index (χ0) is 15.0. The lowest BCUT2D eigenvalue weighted by Crippen LogP contribution is -1.97. The van der Waals surface area contributed by atoms with Gasteiger partial charge in [-0.3, -0.25) is 4.55 Å². The van der Waals surface area contributed by atoms with Crippen LogP contribution < -0.4 is 5.73 Å². The lowest BCUT2D eigenvalue weighted by Gasteiger charge is -2.06. The lowest BCUT2D eigenvalue weighted by molar-refractivity contribution is 0.483. The molecular weight excluding hydrogens is 286 g/mol. The number of hydrogen-bond donors (Lipinski definition) is 2. The predicted octanol–water partition coefficient (Wildman–Crippen LogP) is 3.34. The van der Waals surface area contributed by atoms with Crippen molar-refractivity contribution in [2.75, 3.05) is 5.73 Å². The van der Waals surface area contributed by atoms with E-state index < -0.39 is 10.1 Å². The third-order valence-electron chi connectivity index (χ3n) is 3.35. The number of anilines is 1. The van der Waals surface area contributed by atoms with Gasteiger partial charge in [-0.05, 0) is 52.2 Å². The fourth-order valence-corrected chi connectivity index (χ4v) is 2.76. The Bertz CT molecular complexity index is 916. The van der Waals surface area contributed by atoms with Gasteiger partial charge < -0.3 is 5.73 Å². The van der Waals surface area contributed by atoms with Crippen LogP contribution in [-0.2, 0) is 10.1 Å². The van der Waals surface area contributed by atoms with Gasteiger partial charge in [-0.2, -0.15) is 8.42 Å². The van der Waals surface area contributed by atoms with Crippen LogP contribution in [0.15, 0.2) is 65.6 Å². The summed E-state index contributed by atoms with van der Waals surface area (Å²) in [6.45, 7) is 0. The van der Waals surface area contributed by atoms with Gasteiger partial charge >= 0.3 is 0 Å². The first-order chi connectivity index (χ1) is 9.93. The van der Waals surface area contributed by atoms with E-state index in [2.05, 4.69) is 0 Å². The Kier molecular flexibility index (Phi) is 3.16. The molecule has 0 aromatic heterocycles. The Morgan fingerprint density at radius 2 is 1.33 bits per heavy atom. The Morgan fingerprint density at radius 3 is 2.00 bits per heavy atom. The van der Waals surface area contributed by atoms with Gasteiger partial charge in [0.25, 0.3) is 10.1 Å². The van der Waals surface area contributed by atoms with Crippen LogP contribution in [0.5, 0.6) is 0 Å². The average Bonchev–Trinajstić information content (AvgIpc) is 2.46. The van der Waals surface area contributed by atoms with Crippen molar-refractivity contribution in [3.05, 3.63) is 60.7 Å². The predicted molar refractivity (Wildman–Crippen MR) is 83.6 cm³/mol. The van der Waals surface area contributed by atoms with Crippen LogP contribution in [0.3, 0.4) is 0 Å². The highest BCUT2D eigenvalue weighted by atomic mass is 32.2. The van der Waals surface area contributed by atoms with Gasteiger partial charge in [0.15, 0.2) is 0 Å². The van der Waals surface area contributed by atoms with E-state index in [9.17, 15) is 8.42 Å². The molecule has 0 aliphatic heterocycles. The summed E-state index contributed by atoms with van der Waals surface area (Å²) in [6.07, 6.45) is 0. The summed E-state index contributed by atoms with van der Waals surface area (Å²) in [7, 11) is -4.18. The summed E-state index contributed by atoms with van der Waals surface area (Å²) < 4.78 is 31.3. The number of hydrogen-bond acceptors (Lipinski definition) is 3. The van der Waals surface area contributed by atoms with Crippen LogP contribution in [0.2, 0.25) is 0 Å². The van der Waals surface area contributed by atoms with Crippen LogP contribution >= 0.6 is 0 Å². The maximum Gasteiger partial charge on any atom is 0.294 e. The number of rotatable bonds is 2. The maximum atomic E-state index is 11.1. The fourth-order valence-electron chi connectivity index (χ4n) is 2.24. The minimum Gasteiger partial charge on any atom is -0.399 e. The summed E-state index contributed by atoms with van der Waals surface area (Å²) in [4.78, 5) is -0.102. The second-order valence-electron chi connectivity index (χ2n) is 4.82. The molecule has 5 heteroatoms. The van der Waals surface area contributed by atoms with Crippen molar-refractivity contribution in [3.8, 4) is 11.1 Å². The third kappa shape index (κ3) is 2.74. The molecule has 0 aliphatic rings. The first-order valence-corrected chi connectivity index (χ1v) is 7.75. The second-order valence-corrected chi connectivity index (χ2v) is 6.24. The van der Waals surface area contributed by atoms with Gasteiger partial charge in [0.2, 0.25) is 0 Å². The molecule has 21 heavy (non-hydrogen) atoms. The van der Waals surface area contributed by atoms with E-state index in [0.29, 0.717) is 5.69 Å². The van der Waals surface area contributed by atoms with Gasteiger partial charge in [0.1, 0.15) is 0 Å². The molecule has 0 saturated heterocycles. The zero-order valence-electron chi connectivity index (χ0n) is 11.0. The highest BCUT2D eigenvalue weighted by Gasteiger charge is 2.10. The molecule has 3 aromatic carbocycles. The molecule has 0 heterocycles. The van der Waals surface area contributed by atoms with Gasteiger partial charge in [-0.15, -0.1) is 0 Å². The highest BCUT2D eigenvalue weighted by molar-refractivity contribution is 7.85. The molecule has 0 aliphatic carbocycles. The number of nitrogens with two attached hydrogens (primary N) is 1. The molecule has 3 aromatic rings. The molecule has 0 bridgehead atoms. The quantitative estimate of drug-likeness (QED) is 0.562. The van der Waals surface area contributed by atoms with Crippen molar-refractivity contribution in [3.63, 3.8) is 0 Å².